The molecule has 20 heavy (non-hydrogen) atoms. The van der Waals surface area contributed by atoms with E-state index in [2.05, 4.69) is 0 Å². The highest BCUT2D eigenvalue weighted by Crippen LogP contribution is 2.33. The monoisotopic (exact) mass is 273 g/mol. The molecule has 0 radical (unpaired) electrons. The summed E-state index contributed by atoms with van der Waals surface area (Å²) in [6.45, 7) is 4.34. The van der Waals surface area contributed by atoms with E-state index in [0.29, 0.717) is 23.7 Å². The van der Waals surface area contributed by atoms with Crippen molar-refractivity contribution in [3.8, 4) is 17.6 Å². The maximum Gasteiger partial charge on any atom is 0.348 e. The van der Waals surface area contributed by atoms with E-state index in [-0.39, 0.29) is 18.3 Å². The van der Waals surface area contributed by atoms with Crippen molar-refractivity contribution in [3.63, 3.8) is 0 Å². The Kier molecular flexibility index (Phi) is 4.26. The van der Waals surface area contributed by atoms with Gasteiger partial charge in [-0.1, -0.05) is 19.9 Å². The molecule has 5 heteroatoms. The third-order valence-electron chi connectivity index (χ3n) is 2.60. The van der Waals surface area contributed by atoms with Gasteiger partial charge in [-0.15, -0.1) is 0 Å². The van der Waals surface area contributed by atoms with Crippen molar-refractivity contribution in [3.05, 3.63) is 29.3 Å². The quantitative estimate of drug-likeness (QED) is 0.479. The van der Waals surface area contributed by atoms with Crippen molar-refractivity contribution < 1.29 is 19.0 Å². The van der Waals surface area contributed by atoms with Gasteiger partial charge in [0.05, 0.1) is 6.61 Å². The Morgan fingerprint density at radius 2 is 2.20 bits per heavy atom. The number of nitriles is 1. The van der Waals surface area contributed by atoms with E-state index in [1.54, 1.807) is 18.2 Å². The van der Waals surface area contributed by atoms with Gasteiger partial charge < -0.3 is 14.2 Å². The third kappa shape index (κ3) is 3.29. The molecule has 0 spiro atoms. The molecule has 0 aliphatic carbocycles. The molecule has 0 bridgehead atoms. The summed E-state index contributed by atoms with van der Waals surface area (Å²) < 4.78 is 15.5. The summed E-state index contributed by atoms with van der Waals surface area (Å²) in [5.41, 5.74) is 0.650. The average molecular weight is 273 g/mol. The minimum atomic E-state index is -0.612. The van der Waals surface area contributed by atoms with Crippen LogP contribution in [-0.2, 0) is 9.53 Å². The zero-order valence-corrected chi connectivity index (χ0v) is 11.4. The van der Waals surface area contributed by atoms with Crippen LogP contribution in [0.4, 0.5) is 0 Å². The summed E-state index contributed by atoms with van der Waals surface area (Å²) in [5.74, 6) is 0.873. The van der Waals surface area contributed by atoms with Crippen LogP contribution in [0.1, 0.15) is 19.4 Å². The molecule has 1 aromatic carbocycles. The number of benzene rings is 1. The Hall–Kier alpha value is -2.48. The number of ether oxygens (including phenoxy) is 3. The topological polar surface area (TPSA) is 68.6 Å². The van der Waals surface area contributed by atoms with Crippen LogP contribution in [0, 0.1) is 17.2 Å². The van der Waals surface area contributed by atoms with E-state index >= 15 is 0 Å². The first-order valence-electron chi connectivity index (χ1n) is 6.28. The zero-order valence-electron chi connectivity index (χ0n) is 11.4. The van der Waals surface area contributed by atoms with Crippen LogP contribution in [0.25, 0.3) is 6.08 Å². The smallest absolute Gasteiger partial charge is 0.348 e. The van der Waals surface area contributed by atoms with E-state index < -0.39 is 5.97 Å². The fourth-order valence-electron chi connectivity index (χ4n) is 1.63. The molecule has 1 aliphatic heterocycles. The number of esters is 1. The molecule has 0 unspecified atom stereocenters. The van der Waals surface area contributed by atoms with Gasteiger partial charge in [-0.2, -0.15) is 5.26 Å². The molecule has 0 saturated heterocycles. The van der Waals surface area contributed by atoms with Gasteiger partial charge in [-0.05, 0) is 29.7 Å². The van der Waals surface area contributed by atoms with Crippen molar-refractivity contribution in [1.82, 2.24) is 0 Å². The van der Waals surface area contributed by atoms with Gasteiger partial charge in [0.15, 0.2) is 11.5 Å². The largest absolute Gasteiger partial charge is 0.461 e. The van der Waals surface area contributed by atoms with Crippen molar-refractivity contribution in [2.24, 2.45) is 5.92 Å². The number of rotatable bonds is 4. The summed E-state index contributed by atoms with van der Waals surface area (Å²) >= 11 is 0. The molecule has 0 atom stereocenters. The second kappa shape index (κ2) is 6.11. The maximum absolute atomic E-state index is 11.7. The van der Waals surface area contributed by atoms with E-state index in [1.165, 1.54) is 6.08 Å². The predicted octanol–water partition coefficient (Wildman–Crippen LogP) is 2.52. The molecule has 0 aromatic heterocycles. The fourth-order valence-corrected chi connectivity index (χ4v) is 1.63. The lowest BCUT2D eigenvalue weighted by atomic mass is 10.1. The van der Waals surface area contributed by atoms with Crippen molar-refractivity contribution in [1.29, 1.82) is 5.26 Å². The highest BCUT2D eigenvalue weighted by molar-refractivity contribution is 5.97. The van der Waals surface area contributed by atoms with Crippen molar-refractivity contribution in [2.45, 2.75) is 13.8 Å². The summed E-state index contributed by atoms with van der Waals surface area (Å²) in [7, 11) is 0. The average Bonchev–Trinajstić information content (AvgIpc) is 2.89. The molecule has 0 fully saturated rings. The van der Waals surface area contributed by atoms with E-state index in [9.17, 15) is 4.79 Å². The summed E-state index contributed by atoms with van der Waals surface area (Å²) in [6, 6.07) is 7.06. The molecular weight excluding hydrogens is 258 g/mol. The molecule has 1 heterocycles. The van der Waals surface area contributed by atoms with Crippen LogP contribution in [0.2, 0.25) is 0 Å². The number of carbonyl (C=O) groups is 1. The van der Waals surface area contributed by atoms with Crippen LogP contribution in [-0.4, -0.2) is 19.4 Å². The van der Waals surface area contributed by atoms with Gasteiger partial charge in [0.25, 0.3) is 0 Å². The number of hydrogen-bond acceptors (Lipinski definition) is 5. The van der Waals surface area contributed by atoms with Gasteiger partial charge >= 0.3 is 5.97 Å². The molecule has 1 aliphatic rings. The van der Waals surface area contributed by atoms with Gasteiger partial charge in [0.2, 0.25) is 6.79 Å². The van der Waals surface area contributed by atoms with Crippen LogP contribution in [0.5, 0.6) is 11.5 Å². The third-order valence-corrected chi connectivity index (χ3v) is 2.60. The summed E-state index contributed by atoms with van der Waals surface area (Å²) in [5, 5.41) is 9.04. The Labute approximate surface area is 117 Å². The van der Waals surface area contributed by atoms with Gasteiger partial charge in [-0.3, -0.25) is 0 Å². The van der Waals surface area contributed by atoms with E-state index in [1.807, 2.05) is 19.9 Å². The van der Waals surface area contributed by atoms with Crippen molar-refractivity contribution >= 4 is 12.0 Å². The second-order valence-corrected chi connectivity index (χ2v) is 4.77. The van der Waals surface area contributed by atoms with E-state index in [0.717, 1.165) is 0 Å². The SMILES string of the molecule is CC(C)COC(=O)C(C#N)=Cc1ccc2c(c1)OCO2. The predicted molar refractivity (Wildman–Crippen MR) is 72.0 cm³/mol. The molecular formula is C15H15NO4. The Morgan fingerprint density at radius 1 is 1.45 bits per heavy atom. The van der Waals surface area contributed by atoms with Gasteiger partial charge in [0, 0.05) is 0 Å². The number of nitrogens with zero attached hydrogens (tertiary/aromatic N) is 1. The van der Waals surface area contributed by atoms with Crippen LogP contribution in [0.3, 0.4) is 0 Å². The standard InChI is InChI=1S/C15H15NO4/c1-10(2)8-18-15(17)12(7-16)5-11-3-4-13-14(6-11)20-9-19-13/h3-6,10H,8-9H2,1-2H3. The Balaban J connectivity index is 2.14. The van der Waals surface area contributed by atoms with Crippen LogP contribution >= 0.6 is 0 Å². The maximum atomic E-state index is 11.7. The number of fused-ring (bicyclic) bond motifs is 1. The molecule has 2 rings (SSSR count). The minimum Gasteiger partial charge on any atom is -0.461 e. The van der Waals surface area contributed by atoms with Crippen molar-refractivity contribution in [2.75, 3.05) is 13.4 Å². The lowest BCUT2D eigenvalue weighted by Gasteiger charge is -2.06. The summed E-state index contributed by atoms with van der Waals surface area (Å²) in [6.07, 6.45) is 1.48. The molecule has 0 saturated carbocycles. The normalized spacial score (nSPS) is 13.2. The molecule has 0 N–H and O–H groups in total. The molecule has 1 aromatic rings. The van der Waals surface area contributed by atoms with Crippen LogP contribution < -0.4 is 9.47 Å². The first-order chi connectivity index (χ1) is 9.60. The van der Waals surface area contributed by atoms with Crippen LogP contribution in [0.15, 0.2) is 23.8 Å². The minimum absolute atomic E-state index is 0.0375. The molecule has 0 amide bonds. The first kappa shape index (κ1) is 13.9. The van der Waals surface area contributed by atoms with Gasteiger partial charge in [-0.25, -0.2) is 4.79 Å². The number of carbonyl (C=O) groups excluding carboxylic acids is 1. The van der Waals surface area contributed by atoms with Gasteiger partial charge in [0.1, 0.15) is 11.6 Å². The summed E-state index contributed by atoms with van der Waals surface area (Å²) in [4.78, 5) is 11.7. The lowest BCUT2D eigenvalue weighted by Crippen LogP contribution is -2.11. The number of hydrogen-bond donors (Lipinski definition) is 0. The Bertz CT molecular complexity index is 584. The molecule has 5 nitrogen and oxygen atoms in total. The molecule has 104 valence electrons. The lowest BCUT2D eigenvalue weighted by molar-refractivity contribution is -0.139. The first-order valence-corrected chi connectivity index (χ1v) is 6.28. The highest BCUT2D eigenvalue weighted by atomic mass is 16.7. The Morgan fingerprint density at radius 3 is 2.90 bits per heavy atom. The van der Waals surface area contributed by atoms with E-state index in [4.69, 9.17) is 19.5 Å². The fraction of sp³-hybridized carbons (Fsp3) is 0.333. The zero-order chi connectivity index (χ0) is 14.5. The second-order valence-electron chi connectivity index (χ2n) is 4.77. The highest BCUT2D eigenvalue weighted by Gasteiger charge is 2.15.